The molecule has 0 bridgehead atoms. The molecule has 0 amide bonds. The highest BCUT2D eigenvalue weighted by molar-refractivity contribution is 6.31. The maximum atomic E-state index is 10.4. The van der Waals surface area contributed by atoms with Crippen LogP contribution in [0.3, 0.4) is 0 Å². The molecule has 0 aliphatic heterocycles. The first-order valence-electron chi connectivity index (χ1n) is 4.41. The number of benzene rings is 1. The van der Waals surface area contributed by atoms with Crippen molar-refractivity contribution in [3.63, 3.8) is 0 Å². The van der Waals surface area contributed by atoms with Crippen LogP contribution < -0.4 is 9.47 Å². The Morgan fingerprint density at radius 2 is 2.06 bits per heavy atom. The van der Waals surface area contributed by atoms with Crippen LogP contribution in [0.4, 0.5) is 0 Å². The van der Waals surface area contributed by atoms with Gasteiger partial charge in [0.25, 0.3) is 0 Å². The molecule has 0 aliphatic carbocycles. The van der Waals surface area contributed by atoms with Crippen LogP contribution in [-0.4, -0.2) is 25.3 Å². The van der Waals surface area contributed by atoms with Gasteiger partial charge < -0.3 is 14.6 Å². The number of carbonyl (C=O) groups is 1. The average Bonchev–Trinajstić information content (AvgIpc) is 2.25. The normalized spacial score (nSPS) is 10.4. The molecule has 0 heterocycles. The first-order valence-corrected chi connectivity index (χ1v) is 4.78. The van der Waals surface area contributed by atoms with E-state index < -0.39 is 5.97 Å². The molecule has 0 radical (unpaired) electrons. The van der Waals surface area contributed by atoms with Gasteiger partial charge in [-0.2, -0.15) is 0 Å². The number of carboxylic acid groups (broad SMARTS) is 1. The molecule has 1 rings (SSSR count). The number of carboxylic acids is 1. The van der Waals surface area contributed by atoms with Crippen LogP contribution in [0.2, 0.25) is 5.02 Å². The van der Waals surface area contributed by atoms with Crippen LogP contribution in [0, 0.1) is 0 Å². The Morgan fingerprint density at radius 1 is 1.38 bits per heavy atom. The third-order valence-electron chi connectivity index (χ3n) is 1.88. The van der Waals surface area contributed by atoms with Gasteiger partial charge in [-0.3, -0.25) is 0 Å². The van der Waals surface area contributed by atoms with Crippen LogP contribution in [-0.2, 0) is 4.79 Å². The molecule has 0 saturated heterocycles. The van der Waals surface area contributed by atoms with Crippen molar-refractivity contribution in [2.75, 3.05) is 14.2 Å². The maximum absolute atomic E-state index is 10.4. The topological polar surface area (TPSA) is 55.8 Å². The zero-order chi connectivity index (χ0) is 12.1. The Labute approximate surface area is 98.1 Å². The van der Waals surface area contributed by atoms with Crippen molar-refractivity contribution in [1.82, 2.24) is 0 Å². The standard InChI is InChI=1S/C11H11ClO4/c1-15-9-6-8(12)5-7(11(9)16-2)3-4-10(13)14/h3-6H,1-2H3,(H,13,14). The second kappa shape index (κ2) is 5.42. The van der Waals surface area contributed by atoms with Gasteiger partial charge in [0.05, 0.1) is 14.2 Å². The van der Waals surface area contributed by atoms with Crippen LogP contribution in [0.15, 0.2) is 18.2 Å². The second-order valence-corrected chi connectivity index (χ2v) is 3.34. The van der Waals surface area contributed by atoms with E-state index >= 15 is 0 Å². The molecule has 1 aromatic carbocycles. The smallest absolute Gasteiger partial charge is 0.328 e. The summed E-state index contributed by atoms with van der Waals surface area (Å²) in [6, 6.07) is 3.20. The molecule has 16 heavy (non-hydrogen) atoms. The monoisotopic (exact) mass is 242 g/mol. The van der Waals surface area contributed by atoms with Crippen molar-refractivity contribution in [2.45, 2.75) is 0 Å². The van der Waals surface area contributed by atoms with Gasteiger partial charge in [-0.05, 0) is 12.1 Å². The second-order valence-electron chi connectivity index (χ2n) is 2.90. The Bertz CT molecular complexity index is 426. The summed E-state index contributed by atoms with van der Waals surface area (Å²) in [4.78, 5) is 10.4. The first-order chi connectivity index (χ1) is 7.58. The van der Waals surface area contributed by atoms with Gasteiger partial charge in [-0.1, -0.05) is 11.6 Å². The lowest BCUT2D eigenvalue weighted by molar-refractivity contribution is -0.131. The molecule has 0 atom stereocenters. The van der Waals surface area contributed by atoms with Crippen molar-refractivity contribution in [2.24, 2.45) is 0 Å². The Morgan fingerprint density at radius 3 is 2.56 bits per heavy atom. The minimum Gasteiger partial charge on any atom is -0.493 e. The lowest BCUT2D eigenvalue weighted by Crippen LogP contribution is -1.94. The molecule has 0 fully saturated rings. The summed E-state index contributed by atoms with van der Waals surface area (Å²) in [5, 5.41) is 8.99. The summed E-state index contributed by atoms with van der Waals surface area (Å²) in [5.41, 5.74) is 0.550. The highest BCUT2D eigenvalue weighted by Crippen LogP contribution is 2.35. The van der Waals surface area contributed by atoms with Gasteiger partial charge in [-0.15, -0.1) is 0 Å². The van der Waals surface area contributed by atoms with Crippen LogP contribution >= 0.6 is 11.6 Å². The Balaban J connectivity index is 3.25. The maximum Gasteiger partial charge on any atom is 0.328 e. The highest BCUT2D eigenvalue weighted by atomic mass is 35.5. The Kier molecular flexibility index (Phi) is 4.19. The van der Waals surface area contributed by atoms with E-state index in [0.717, 1.165) is 6.08 Å². The van der Waals surface area contributed by atoms with Crippen molar-refractivity contribution in [1.29, 1.82) is 0 Å². The summed E-state index contributed by atoms with van der Waals surface area (Å²) in [7, 11) is 2.96. The van der Waals surface area contributed by atoms with Crippen molar-refractivity contribution in [3.8, 4) is 11.5 Å². The van der Waals surface area contributed by atoms with E-state index in [1.807, 2.05) is 0 Å². The van der Waals surface area contributed by atoms with Crippen LogP contribution in [0.5, 0.6) is 11.5 Å². The van der Waals surface area contributed by atoms with E-state index in [-0.39, 0.29) is 0 Å². The number of halogens is 1. The molecular weight excluding hydrogens is 232 g/mol. The third kappa shape index (κ3) is 2.90. The highest BCUT2D eigenvalue weighted by Gasteiger charge is 2.09. The number of ether oxygens (including phenoxy) is 2. The molecule has 86 valence electrons. The molecule has 4 nitrogen and oxygen atoms in total. The molecule has 5 heteroatoms. The first kappa shape index (κ1) is 12.4. The van der Waals surface area contributed by atoms with Gasteiger partial charge >= 0.3 is 5.97 Å². The van der Waals surface area contributed by atoms with Gasteiger partial charge in [0.15, 0.2) is 11.5 Å². The van der Waals surface area contributed by atoms with E-state index in [4.69, 9.17) is 26.2 Å². The predicted octanol–water partition coefficient (Wildman–Crippen LogP) is 2.46. The van der Waals surface area contributed by atoms with Crippen LogP contribution in [0.25, 0.3) is 6.08 Å². The molecule has 0 aromatic heterocycles. The number of hydrogen-bond acceptors (Lipinski definition) is 3. The number of aliphatic carboxylic acids is 1. The molecule has 0 spiro atoms. The summed E-state index contributed by atoms with van der Waals surface area (Å²) >= 11 is 5.86. The summed E-state index contributed by atoms with van der Waals surface area (Å²) < 4.78 is 10.2. The third-order valence-corrected chi connectivity index (χ3v) is 2.10. The SMILES string of the molecule is COc1cc(Cl)cc(C=CC(=O)O)c1OC. The minimum absolute atomic E-state index is 0.447. The fraction of sp³-hybridized carbons (Fsp3) is 0.182. The number of hydrogen-bond donors (Lipinski definition) is 1. The predicted molar refractivity (Wildman–Crippen MR) is 61.2 cm³/mol. The molecular formula is C11H11ClO4. The van der Waals surface area contributed by atoms with E-state index in [1.54, 1.807) is 12.1 Å². The van der Waals surface area contributed by atoms with E-state index in [9.17, 15) is 4.79 Å². The number of methoxy groups -OCH3 is 2. The quantitative estimate of drug-likeness (QED) is 0.824. The summed E-state index contributed by atoms with van der Waals surface area (Å²) in [5.74, 6) is -0.134. The molecule has 0 saturated carbocycles. The molecule has 0 aliphatic rings. The van der Waals surface area contributed by atoms with Gasteiger partial charge in [0, 0.05) is 22.7 Å². The van der Waals surface area contributed by atoms with Gasteiger partial charge in [0.1, 0.15) is 0 Å². The average molecular weight is 243 g/mol. The number of rotatable bonds is 4. The van der Waals surface area contributed by atoms with Gasteiger partial charge in [0.2, 0.25) is 0 Å². The lowest BCUT2D eigenvalue weighted by atomic mass is 10.1. The van der Waals surface area contributed by atoms with Crippen LogP contribution in [0.1, 0.15) is 5.56 Å². The Hall–Kier alpha value is -1.68. The lowest BCUT2D eigenvalue weighted by Gasteiger charge is -2.10. The van der Waals surface area contributed by atoms with Crippen molar-refractivity contribution < 1.29 is 19.4 Å². The van der Waals surface area contributed by atoms with E-state index in [1.165, 1.54) is 20.3 Å². The van der Waals surface area contributed by atoms with Crippen molar-refractivity contribution in [3.05, 3.63) is 28.8 Å². The molecule has 1 N–H and O–H groups in total. The molecule has 0 unspecified atom stereocenters. The summed E-state index contributed by atoms with van der Waals surface area (Å²) in [6.45, 7) is 0. The fourth-order valence-corrected chi connectivity index (χ4v) is 1.46. The fourth-order valence-electron chi connectivity index (χ4n) is 1.24. The zero-order valence-corrected chi connectivity index (χ0v) is 9.62. The van der Waals surface area contributed by atoms with E-state index in [0.29, 0.717) is 22.1 Å². The minimum atomic E-state index is -1.04. The van der Waals surface area contributed by atoms with E-state index in [2.05, 4.69) is 0 Å². The zero-order valence-electron chi connectivity index (χ0n) is 8.86. The molecule has 1 aromatic rings. The van der Waals surface area contributed by atoms with Gasteiger partial charge in [-0.25, -0.2) is 4.79 Å². The van der Waals surface area contributed by atoms with Crippen molar-refractivity contribution >= 4 is 23.6 Å². The summed E-state index contributed by atoms with van der Waals surface area (Å²) in [6.07, 6.45) is 2.41. The largest absolute Gasteiger partial charge is 0.493 e.